The molecule has 1 amide bonds. The van der Waals surface area contributed by atoms with E-state index in [0.29, 0.717) is 18.8 Å². The molecule has 5 heteroatoms. The van der Waals surface area contributed by atoms with Crippen LogP contribution in [0.1, 0.15) is 36.7 Å². The van der Waals surface area contributed by atoms with Crippen LogP contribution in [0.15, 0.2) is 24.3 Å². The highest BCUT2D eigenvalue weighted by Crippen LogP contribution is 2.10. The summed E-state index contributed by atoms with van der Waals surface area (Å²) < 4.78 is 5.36. The fourth-order valence-electron chi connectivity index (χ4n) is 1.96. The molecule has 1 unspecified atom stereocenters. The lowest BCUT2D eigenvalue weighted by Crippen LogP contribution is -2.42. The summed E-state index contributed by atoms with van der Waals surface area (Å²) in [6.07, 6.45) is 0.0534. The maximum absolute atomic E-state index is 12.1. The molecule has 2 N–H and O–H groups in total. The normalized spacial score (nSPS) is 12.2. The standard InChI is InChI=1S/C16H23NO4/c1-4-21-10-14(11(2)3)17-15(18)9-12-7-5-6-8-13(12)16(19)20/h5-8,11,14H,4,9-10H2,1-3H3,(H,17,18)(H,19,20). The van der Waals surface area contributed by atoms with E-state index in [1.807, 2.05) is 20.8 Å². The third kappa shape index (κ3) is 5.55. The Labute approximate surface area is 125 Å². The first-order chi connectivity index (χ1) is 9.95. The molecule has 1 aromatic rings. The van der Waals surface area contributed by atoms with Crippen LogP contribution in [0.4, 0.5) is 0 Å². The fraction of sp³-hybridized carbons (Fsp3) is 0.500. The number of nitrogens with one attached hydrogen (secondary N) is 1. The molecule has 0 aliphatic heterocycles. The van der Waals surface area contributed by atoms with Crippen molar-refractivity contribution in [3.63, 3.8) is 0 Å². The van der Waals surface area contributed by atoms with Crippen LogP contribution < -0.4 is 5.32 Å². The average Bonchev–Trinajstić information content (AvgIpc) is 2.43. The molecule has 1 aromatic carbocycles. The van der Waals surface area contributed by atoms with Crippen LogP contribution in [-0.2, 0) is 16.0 Å². The van der Waals surface area contributed by atoms with Crippen molar-refractivity contribution in [3.8, 4) is 0 Å². The van der Waals surface area contributed by atoms with Crippen molar-refractivity contribution >= 4 is 11.9 Å². The second kappa shape index (κ2) is 8.42. The van der Waals surface area contributed by atoms with E-state index in [1.54, 1.807) is 18.2 Å². The maximum Gasteiger partial charge on any atom is 0.335 e. The molecular weight excluding hydrogens is 270 g/mol. The van der Waals surface area contributed by atoms with Gasteiger partial charge in [-0.05, 0) is 24.5 Å². The lowest BCUT2D eigenvalue weighted by atomic mass is 10.0. The van der Waals surface area contributed by atoms with E-state index in [1.165, 1.54) is 6.07 Å². The minimum absolute atomic E-state index is 0.0534. The summed E-state index contributed by atoms with van der Waals surface area (Å²) in [6, 6.07) is 6.47. The quantitative estimate of drug-likeness (QED) is 0.769. The van der Waals surface area contributed by atoms with Gasteiger partial charge in [0.1, 0.15) is 0 Å². The summed E-state index contributed by atoms with van der Waals surface area (Å²) in [7, 11) is 0. The molecule has 0 heterocycles. The molecule has 0 saturated carbocycles. The summed E-state index contributed by atoms with van der Waals surface area (Å²) in [5.41, 5.74) is 0.681. The second-order valence-corrected chi connectivity index (χ2v) is 5.22. The zero-order valence-corrected chi connectivity index (χ0v) is 12.8. The van der Waals surface area contributed by atoms with Crippen LogP contribution in [0.2, 0.25) is 0 Å². The van der Waals surface area contributed by atoms with E-state index in [4.69, 9.17) is 9.84 Å². The van der Waals surface area contributed by atoms with Crippen LogP contribution in [0.5, 0.6) is 0 Å². The minimum atomic E-state index is -1.02. The van der Waals surface area contributed by atoms with Crippen LogP contribution >= 0.6 is 0 Å². The van der Waals surface area contributed by atoms with E-state index in [2.05, 4.69) is 5.32 Å². The molecule has 0 bridgehead atoms. The van der Waals surface area contributed by atoms with Gasteiger partial charge < -0.3 is 15.2 Å². The number of carbonyl (C=O) groups is 2. The number of amides is 1. The molecule has 0 fully saturated rings. The Balaban J connectivity index is 2.70. The van der Waals surface area contributed by atoms with Gasteiger partial charge >= 0.3 is 5.97 Å². The predicted octanol–water partition coefficient (Wildman–Crippen LogP) is 2.10. The van der Waals surface area contributed by atoms with Gasteiger partial charge in [-0.3, -0.25) is 4.79 Å². The number of carbonyl (C=O) groups excluding carboxylic acids is 1. The lowest BCUT2D eigenvalue weighted by molar-refractivity contribution is -0.122. The minimum Gasteiger partial charge on any atom is -0.478 e. The van der Waals surface area contributed by atoms with Gasteiger partial charge in [-0.25, -0.2) is 4.79 Å². The zero-order chi connectivity index (χ0) is 15.8. The first-order valence-electron chi connectivity index (χ1n) is 7.14. The van der Waals surface area contributed by atoms with Crippen LogP contribution in [-0.4, -0.2) is 36.2 Å². The second-order valence-electron chi connectivity index (χ2n) is 5.22. The highest BCUT2D eigenvalue weighted by molar-refractivity contribution is 5.91. The first-order valence-corrected chi connectivity index (χ1v) is 7.14. The third-order valence-corrected chi connectivity index (χ3v) is 3.25. The summed E-state index contributed by atoms with van der Waals surface area (Å²) in [4.78, 5) is 23.2. The SMILES string of the molecule is CCOCC(NC(=O)Cc1ccccc1C(=O)O)C(C)C. The number of ether oxygens (including phenoxy) is 1. The highest BCUT2D eigenvalue weighted by Gasteiger charge is 2.18. The first kappa shape index (κ1) is 17.2. The van der Waals surface area contributed by atoms with Crippen LogP contribution in [0.25, 0.3) is 0 Å². The van der Waals surface area contributed by atoms with E-state index in [0.717, 1.165) is 0 Å². The van der Waals surface area contributed by atoms with Crippen molar-refractivity contribution in [1.29, 1.82) is 0 Å². The molecule has 0 saturated heterocycles. The Hall–Kier alpha value is -1.88. The monoisotopic (exact) mass is 293 g/mol. The van der Waals surface area contributed by atoms with E-state index >= 15 is 0 Å². The number of hydrogen-bond acceptors (Lipinski definition) is 3. The number of carboxylic acids is 1. The van der Waals surface area contributed by atoms with Crippen molar-refractivity contribution in [1.82, 2.24) is 5.32 Å². The Bertz CT molecular complexity index is 485. The van der Waals surface area contributed by atoms with E-state index in [9.17, 15) is 9.59 Å². The zero-order valence-electron chi connectivity index (χ0n) is 12.8. The van der Waals surface area contributed by atoms with Crippen molar-refractivity contribution in [2.75, 3.05) is 13.2 Å². The molecule has 0 aliphatic carbocycles. The summed E-state index contributed by atoms with van der Waals surface area (Å²) in [5, 5.41) is 12.0. The fourth-order valence-corrected chi connectivity index (χ4v) is 1.96. The number of hydrogen-bond donors (Lipinski definition) is 2. The van der Waals surface area contributed by atoms with Crippen LogP contribution in [0.3, 0.4) is 0 Å². The van der Waals surface area contributed by atoms with Gasteiger partial charge in [0.15, 0.2) is 0 Å². The van der Waals surface area contributed by atoms with Crippen molar-refractivity contribution in [2.45, 2.75) is 33.2 Å². The van der Waals surface area contributed by atoms with Crippen molar-refractivity contribution < 1.29 is 19.4 Å². The van der Waals surface area contributed by atoms with Gasteiger partial charge in [-0.15, -0.1) is 0 Å². The van der Waals surface area contributed by atoms with Gasteiger partial charge in [0.05, 0.1) is 24.6 Å². The lowest BCUT2D eigenvalue weighted by Gasteiger charge is -2.22. The van der Waals surface area contributed by atoms with Crippen molar-refractivity contribution in [3.05, 3.63) is 35.4 Å². The topological polar surface area (TPSA) is 75.6 Å². The molecule has 0 radical (unpaired) electrons. The van der Waals surface area contributed by atoms with E-state index < -0.39 is 5.97 Å². The van der Waals surface area contributed by atoms with Crippen molar-refractivity contribution in [2.24, 2.45) is 5.92 Å². The number of carboxylic acid groups (broad SMARTS) is 1. The van der Waals surface area contributed by atoms with Crippen LogP contribution in [0, 0.1) is 5.92 Å². The molecule has 5 nitrogen and oxygen atoms in total. The van der Waals surface area contributed by atoms with Gasteiger partial charge in [0, 0.05) is 6.61 Å². The molecular formula is C16H23NO4. The Morgan fingerprint density at radius 3 is 2.52 bits per heavy atom. The Morgan fingerprint density at radius 1 is 1.29 bits per heavy atom. The highest BCUT2D eigenvalue weighted by atomic mass is 16.5. The molecule has 0 aliphatic rings. The van der Waals surface area contributed by atoms with Gasteiger partial charge in [0.25, 0.3) is 0 Å². The molecule has 1 atom stereocenters. The smallest absolute Gasteiger partial charge is 0.335 e. The number of rotatable bonds is 8. The molecule has 0 aromatic heterocycles. The molecule has 1 rings (SSSR count). The maximum atomic E-state index is 12.1. The number of aromatic carboxylic acids is 1. The average molecular weight is 293 g/mol. The largest absolute Gasteiger partial charge is 0.478 e. The summed E-state index contributed by atoms with van der Waals surface area (Å²) in [6.45, 7) is 6.98. The Morgan fingerprint density at radius 2 is 1.95 bits per heavy atom. The molecule has 0 spiro atoms. The number of benzene rings is 1. The Kier molecular flexibility index (Phi) is 6.88. The third-order valence-electron chi connectivity index (χ3n) is 3.25. The van der Waals surface area contributed by atoms with Gasteiger partial charge in [-0.1, -0.05) is 32.0 Å². The predicted molar refractivity (Wildman–Crippen MR) is 80.4 cm³/mol. The molecule has 116 valence electrons. The van der Waals surface area contributed by atoms with Gasteiger partial charge in [0.2, 0.25) is 5.91 Å². The summed E-state index contributed by atoms with van der Waals surface area (Å²) in [5.74, 6) is -0.967. The molecule has 21 heavy (non-hydrogen) atoms. The van der Waals surface area contributed by atoms with E-state index in [-0.39, 0.29) is 29.9 Å². The van der Waals surface area contributed by atoms with Gasteiger partial charge in [-0.2, -0.15) is 0 Å². The summed E-state index contributed by atoms with van der Waals surface area (Å²) >= 11 is 0.